The van der Waals surface area contributed by atoms with Crippen LogP contribution in [0, 0.1) is 0 Å². The minimum Gasteiger partial charge on any atom is -0.443 e. The summed E-state index contributed by atoms with van der Waals surface area (Å²) in [5.41, 5.74) is 0.222. The molecule has 1 aliphatic heterocycles. The largest absolute Gasteiger partial charge is 0.443 e. The lowest BCUT2D eigenvalue weighted by Gasteiger charge is -2.35. The van der Waals surface area contributed by atoms with E-state index >= 15 is 0 Å². The molecule has 0 aliphatic carbocycles. The lowest BCUT2D eigenvalue weighted by molar-refractivity contribution is 0.0560. The molecule has 9 heteroatoms. The summed E-state index contributed by atoms with van der Waals surface area (Å²) in [6.07, 6.45) is -0.495. The molecule has 0 fully saturated rings. The van der Waals surface area contributed by atoms with Gasteiger partial charge in [-0.15, -0.1) is 0 Å². The molecule has 1 N–H and O–H groups in total. The van der Waals surface area contributed by atoms with Crippen LogP contribution in [0.25, 0.3) is 0 Å². The van der Waals surface area contributed by atoms with Crippen LogP contribution in [-0.4, -0.2) is 44.1 Å². The highest BCUT2D eigenvalue weighted by Gasteiger charge is 2.32. The van der Waals surface area contributed by atoms with Crippen LogP contribution in [0.1, 0.15) is 65.9 Å². The molecule has 1 heterocycles. The van der Waals surface area contributed by atoms with E-state index in [2.05, 4.69) is 0 Å². The van der Waals surface area contributed by atoms with E-state index in [9.17, 15) is 18.0 Å². The summed E-state index contributed by atoms with van der Waals surface area (Å²) in [4.78, 5) is 26.0. The second kappa shape index (κ2) is 8.83. The monoisotopic (exact) mass is 440 g/mol. The molecule has 2 rings (SSSR count). The quantitative estimate of drug-likeness (QED) is 0.754. The van der Waals surface area contributed by atoms with Gasteiger partial charge in [-0.1, -0.05) is 18.2 Å². The first-order valence-electron chi connectivity index (χ1n) is 10.00. The Bertz CT molecular complexity index is 883. The molecule has 0 saturated heterocycles. The maximum atomic E-state index is 12.6. The number of carbonyl (C=O) groups excluding carboxylic acids is 2. The Kier molecular flexibility index (Phi) is 7.06. The van der Waals surface area contributed by atoms with Crippen molar-refractivity contribution in [3.05, 3.63) is 29.8 Å². The smallest absolute Gasteiger partial charge is 0.421 e. The number of benzene rings is 1. The van der Waals surface area contributed by atoms with Gasteiger partial charge in [0.05, 0.1) is 11.4 Å². The van der Waals surface area contributed by atoms with Crippen LogP contribution in [0.15, 0.2) is 24.3 Å². The van der Waals surface area contributed by atoms with Crippen LogP contribution >= 0.6 is 0 Å². The summed E-state index contributed by atoms with van der Waals surface area (Å²) in [6.45, 7) is 10.8. The Labute approximate surface area is 179 Å². The minimum atomic E-state index is -3.84. The predicted octanol–water partition coefficient (Wildman–Crippen LogP) is 4.16. The van der Waals surface area contributed by atoms with Crippen molar-refractivity contribution in [2.75, 3.05) is 17.2 Å². The lowest BCUT2D eigenvalue weighted by Crippen LogP contribution is -2.41. The van der Waals surface area contributed by atoms with E-state index in [4.69, 9.17) is 9.47 Å². The fraction of sp³-hybridized carbons (Fsp3) is 0.619. The Morgan fingerprint density at radius 2 is 1.67 bits per heavy atom. The zero-order valence-electron chi connectivity index (χ0n) is 18.5. The Hall–Kier alpha value is -2.29. The zero-order valence-corrected chi connectivity index (χ0v) is 19.3. The summed E-state index contributed by atoms with van der Waals surface area (Å²) in [5, 5.41) is 0. The Morgan fingerprint density at radius 3 is 2.27 bits per heavy atom. The number of ether oxygens (including phenoxy) is 2. The number of hydrogen-bond donors (Lipinski definition) is 1. The number of carbonyl (C=O) groups is 2. The van der Waals surface area contributed by atoms with Gasteiger partial charge >= 0.3 is 12.2 Å². The van der Waals surface area contributed by atoms with Gasteiger partial charge in [0, 0.05) is 6.54 Å². The van der Waals surface area contributed by atoms with Gasteiger partial charge in [-0.05, 0) is 71.9 Å². The number of sulfonamides is 1. The number of hydrogen-bond acceptors (Lipinski definition) is 6. The Morgan fingerprint density at radius 1 is 1.07 bits per heavy atom. The van der Waals surface area contributed by atoms with Crippen molar-refractivity contribution in [3.8, 4) is 0 Å². The molecule has 2 amide bonds. The normalized spacial score (nSPS) is 17.1. The summed E-state index contributed by atoms with van der Waals surface area (Å²) in [6, 6.07) is 7.42. The van der Waals surface area contributed by atoms with E-state index < -0.39 is 33.4 Å². The number of anilines is 1. The number of amides is 2. The summed E-state index contributed by atoms with van der Waals surface area (Å²) in [5.74, 6) is -0.285. The van der Waals surface area contributed by atoms with Crippen LogP contribution in [0.2, 0.25) is 0 Å². The molecule has 1 atom stereocenters. The van der Waals surface area contributed by atoms with E-state index in [1.165, 1.54) is 0 Å². The van der Waals surface area contributed by atoms with E-state index in [0.717, 1.165) is 11.3 Å². The van der Waals surface area contributed by atoms with Crippen LogP contribution in [0.4, 0.5) is 15.3 Å². The zero-order chi connectivity index (χ0) is 22.7. The fourth-order valence-corrected chi connectivity index (χ4v) is 4.21. The molecule has 1 aliphatic rings. The number of rotatable bonds is 4. The summed E-state index contributed by atoms with van der Waals surface area (Å²) >= 11 is 0. The molecule has 1 aromatic carbocycles. The van der Waals surface area contributed by atoms with E-state index in [1.54, 1.807) is 25.7 Å². The fourth-order valence-electron chi connectivity index (χ4n) is 3.22. The second-order valence-corrected chi connectivity index (χ2v) is 11.2. The molecule has 8 nitrogen and oxygen atoms in total. The van der Waals surface area contributed by atoms with E-state index in [-0.39, 0.29) is 11.7 Å². The van der Waals surface area contributed by atoms with E-state index in [1.807, 2.05) is 49.8 Å². The van der Waals surface area contributed by atoms with Gasteiger partial charge in [-0.2, -0.15) is 0 Å². The molecule has 0 bridgehead atoms. The van der Waals surface area contributed by atoms with Crippen molar-refractivity contribution in [2.45, 2.75) is 71.5 Å². The highest BCUT2D eigenvalue weighted by atomic mass is 32.2. The van der Waals surface area contributed by atoms with Crippen LogP contribution in [-0.2, 0) is 19.5 Å². The van der Waals surface area contributed by atoms with Gasteiger partial charge in [0.1, 0.15) is 11.2 Å². The van der Waals surface area contributed by atoms with Gasteiger partial charge in [0.25, 0.3) is 0 Å². The summed E-state index contributed by atoms with van der Waals surface area (Å²) in [7, 11) is -3.84. The van der Waals surface area contributed by atoms with Crippen molar-refractivity contribution in [2.24, 2.45) is 0 Å². The lowest BCUT2D eigenvalue weighted by atomic mass is 9.88. The Balaban J connectivity index is 2.08. The van der Waals surface area contributed by atoms with Crippen LogP contribution < -0.4 is 9.62 Å². The standard InChI is InChI=1S/C21H32N2O6S/c1-20(2,3)28-18(24)22-30(26,27)14-12-15-11-13-23(19(25)29-21(4,5)6)17-10-8-7-9-16(15)17/h7-10,15H,11-14H2,1-6H3,(H,22,24). The molecule has 0 aromatic heterocycles. The molecular formula is C21H32N2O6S. The van der Waals surface area contributed by atoms with E-state index in [0.29, 0.717) is 19.4 Å². The predicted molar refractivity (Wildman–Crippen MR) is 115 cm³/mol. The van der Waals surface area contributed by atoms with Gasteiger partial charge in [-0.3, -0.25) is 4.90 Å². The summed E-state index contributed by atoms with van der Waals surface area (Å²) < 4.78 is 37.1. The van der Waals surface area contributed by atoms with Crippen molar-refractivity contribution in [1.29, 1.82) is 0 Å². The molecule has 1 unspecified atom stereocenters. The number of para-hydroxylation sites is 1. The van der Waals surface area contributed by atoms with Crippen LogP contribution in [0.5, 0.6) is 0 Å². The molecule has 0 spiro atoms. The third-order valence-corrected chi connectivity index (χ3v) is 5.61. The highest BCUT2D eigenvalue weighted by Crippen LogP contribution is 2.38. The number of nitrogens with one attached hydrogen (secondary N) is 1. The van der Waals surface area contributed by atoms with Gasteiger partial charge in [-0.25, -0.2) is 22.7 Å². The minimum absolute atomic E-state index is 0.0601. The van der Waals surface area contributed by atoms with Gasteiger partial charge < -0.3 is 9.47 Å². The second-order valence-electron chi connectivity index (χ2n) is 9.39. The third-order valence-electron chi connectivity index (χ3n) is 4.36. The van der Waals surface area contributed by atoms with Gasteiger partial charge in [0.2, 0.25) is 10.0 Å². The number of fused-ring (bicyclic) bond motifs is 1. The first kappa shape index (κ1) is 24.0. The number of nitrogens with zero attached hydrogens (tertiary/aromatic N) is 1. The maximum Gasteiger partial charge on any atom is 0.421 e. The average Bonchev–Trinajstić information content (AvgIpc) is 2.55. The molecular weight excluding hydrogens is 408 g/mol. The van der Waals surface area contributed by atoms with Crippen molar-refractivity contribution < 1.29 is 27.5 Å². The van der Waals surface area contributed by atoms with Crippen LogP contribution in [0.3, 0.4) is 0 Å². The van der Waals surface area contributed by atoms with Crippen molar-refractivity contribution in [3.63, 3.8) is 0 Å². The molecule has 0 saturated carbocycles. The van der Waals surface area contributed by atoms with Crippen molar-refractivity contribution >= 4 is 27.9 Å². The average molecular weight is 441 g/mol. The topological polar surface area (TPSA) is 102 Å². The SMILES string of the molecule is CC(C)(C)OC(=O)NS(=O)(=O)CCC1CCN(C(=O)OC(C)(C)C)c2ccccc21. The third kappa shape index (κ3) is 7.19. The van der Waals surface area contributed by atoms with Gasteiger partial charge in [0.15, 0.2) is 0 Å². The highest BCUT2D eigenvalue weighted by molar-refractivity contribution is 7.90. The molecule has 1 aromatic rings. The molecule has 0 radical (unpaired) electrons. The molecule has 30 heavy (non-hydrogen) atoms. The first-order chi connectivity index (χ1) is 13.7. The van der Waals surface area contributed by atoms with Crippen molar-refractivity contribution in [1.82, 2.24) is 4.72 Å². The molecule has 168 valence electrons. The first-order valence-corrected chi connectivity index (χ1v) is 11.6. The maximum absolute atomic E-state index is 12.6.